The van der Waals surface area contributed by atoms with Gasteiger partial charge in [0, 0.05) is 5.92 Å². The van der Waals surface area contributed by atoms with Gasteiger partial charge in [-0.05, 0) is 44.1 Å². The van der Waals surface area contributed by atoms with Crippen molar-refractivity contribution in [1.82, 2.24) is 4.90 Å². The first-order chi connectivity index (χ1) is 11.4. The summed E-state index contributed by atoms with van der Waals surface area (Å²) in [6.45, 7) is 1.07. The fourth-order valence-corrected chi connectivity index (χ4v) is 3.47. The van der Waals surface area contributed by atoms with E-state index in [1.165, 1.54) is 12.1 Å². The summed E-state index contributed by atoms with van der Waals surface area (Å²) in [5, 5.41) is -0.140. The van der Waals surface area contributed by atoms with Crippen molar-refractivity contribution in [2.75, 3.05) is 18.0 Å². The van der Waals surface area contributed by atoms with Gasteiger partial charge >= 0.3 is 0 Å². The van der Waals surface area contributed by atoms with Crippen LogP contribution in [0.2, 0.25) is 5.02 Å². The molecule has 2 fully saturated rings. The Morgan fingerprint density at radius 3 is 2.50 bits per heavy atom. The molecular weight excluding hydrogens is 337 g/mol. The van der Waals surface area contributed by atoms with Crippen LogP contribution in [0, 0.1) is 11.7 Å². The zero-order valence-corrected chi connectivity index (χ0v) is 13.6. The van der Waals surface area contributed by atoms with Crippen molar-refractivity contribution >= 4 is 35.0 Å². The van der Waals surface area contributed by atoms with E-state index in [9.17, 15) is 18.8 Å². The molecule has 1 aromatic rings. The van der Waals surface area contributed by atoms with Crippen molar-refractivity contribution in [2.24, 2.45) is 11.7 Å². The summed E-state index contributed by atoms with van der Waals surface area (Å²) in [5.41, 5.74) is 5.58. The number of halogens is 2. The van der Waals surface area contributed by atoms with Crippen LogP contribution in [0.25, 0.3) is 0 Å². The minimum atomic E-state index is -0.607. The van der Waals surface area contributed by atoms with Crippen molar-refractivity contribution in [3.05, 3.63) is 29.0 Å². The quantitative estimate of drug-likeness (QED) is 0.830. The molecule has 2 heterocycles. The molecule has 6 nitrogen and oxygen atoms in total. The van der Waals surface area contributed by atoms with Crippen LogP contribution in [0.1, 0.15) is 19.3 Å². The Morgan fingerprint density at radius 2 is 1.92 bits per heavy atom. The third-order valence-electron chi connectivity index (χ3n) is 4.66. The van der Waals surface area contributed by atoms with Crippen molar-refractivity contribution in [1.29, 1.82) is 0 Å². The normalized spacial score (nSPS) is 23.1. The first kappa shape index (κ1) is 16.9. The SMILES string of the molecule is NC(=O)C1CCN([C@@H]2CC(=O)N(c3ccc(F)c(Cl)c3)C2=O)CC1. The number of carbonyl (C=O) groups is 3. The van der Waals surface area contributed by atoms with Gasteiger partial charge < -0.3 is 5.73 Å². The smallest absolute Gasteiger partial charge is 0.251 e. The standard InChI is InChI=1S/C16H17ClFN3O3/c17-11-7-10(1-2-12(11)18)21-14(22)8-13(16(21)24)20-5-3-9(4-6-20)15(19)23/h1-2,7,9,13H,3-6,8H2,(H2,19,23)/t13-/m1/s1. The van der Waals surface area contributed by atoms with E-state index in [1.807, 2.05) is 4.90 Å². The highest BCUT2D eigenvalue weighted by Crippen LogP contribution is 2.30. The third kappa shape index (κ3) is 3.01. The van der Waals surface area contributed by atoms with Crippen molar-refractivity contribution in [2.45, 2.75) is 25.3 Å². The monoisotopic (exact) mass is 353 g/mol. The second kappa shape index (κ2) is 6.49. The zero-order chi connectivity index (χ0) is 17.4. The second-order valence-electron chi connectivity index (χ2n) is 6.10. The van der Waals surface area contributed by atoms with Gasteiger partial charge in [-0.2, -0.15) is 0 Å². The van der Waals surface area contributed by atoms with Crippen molar-refractivity contribution in [3.8, 4) is 0 Å². The average Bonchev–Trinajstić information content (AvgIpc) is 2.85. The Hall–Kier alpha value is -1.99. The Kier molecular flexibility index (Phi) is 4.56. The minimum Gasteiger partial charge on any atom is -0.369 e. The Balaban J connectivity index is 1.75. The molecule has 2 aliphatic rings. The largest absolute Gasteiger partial charge is 0.369 e. The maximum atomic E-state index is 13.3. The number of nitrogens with zero attached hydrogens (tertiary/aromatic N) is 2. The van der Waals surface area contributed by atoms with Crippen LogP contribution in [0.3, 0.4) is 0 Å². The van der Waals surface area contributed by atoms with Gasteiger partial charge in [0.25, 0.3) is 5.91 Å². The fourth-order valence-electron chi connectivity index (χ4n) is 3.29. The van der Waals surface area contributed by atoms with Crippen molar-refractivity contribution < 1.29 is 18.8 Å². The summed E-state index contributed by atoms with van der Waals surface area (Å²) in [7, 11) is 0. The molecule has 0 unspecified atom stereocenters. The molecule has 1 aromatic carbocycles. The first-order valence-electron chi connectivity index (χ1n) is 7.73. The van der Waals surface area contributed by atoms with Crippen molar-refractivity contribution in [3.63, 3.8) is 0 Å². The van der Waals surface area contributed by atoms with Gasteiger partial charge in [0.05, 0.1) is 23.2 Å². The summed E-state index contributed by atoms with van der Waals surface area (Å²) >= 11 is 5.74. The molecule has 1 atom stereocenters. The maximum absolute atomic E-state index is 13.3. The number of anilines is 1. The van der Waals surface area contributed by atoms with Gasteiger partial charge in [0.2, 0.25) is 11.8 Å². The molecule has 2 saturated heterocycles. The number of amides is 3. The van der Waals surface area contributed by atoms with E-state index in [0.717, 1.165) is 11.0 Å². The predicted molar refractivity (Wildman–Crippen MR) is 85.8 cm³/mol. The van der Waals surface area contributed by atoms with E-state index >= 15 is 0 Å². The van der Waals surface area contributed by atoms with Gasteiger partial charge in [-0.15, -0.1) is 0 Å². The van der Waals surface area contributed by atoms with Crippen LogP contribution in [0.4, 0.5) is 10.1 Å². The second-order valence-corrected chi connectivity index (χ2v) is 6.51. The first-order valence-corrected chi connectivity index (χ1v) is 8.11. The number of likely N-dealkylation sites (tertiary alicyclic amines) is 1. The van der Waals surface area contributed by atoms with Crippen LogP contribution < -0.4 is 10.6 Å². The molecule has 0 aliphatic carbocycles. The Bertz CT molecular complexity index is 704. The van der Waals surface area contributed by atoms with Crippen LogP contribution in [0.5, 0.6) is 0 Å². The molecular formula is C16H17ClFN3O3. The molecule has 24 heavy (non-hydrogen) atoms. The number of piperidine rings is 1. The lowest BCUT2D eigenvalue weighted by atomic mass is 9.95. The molecule has 3 amide bonds. The highest BCUT2D eigenvalue weighted by Gasteiger charge is 2.43. The van der Waals surface area contributed by atoms with E-state index in [-0.39, 0.29) is 40.8 Å². The molecule has 8 heteroatoms. The number of hydrogen-bond acceptors (Lipinski definition) is 4. The van der Waals surface area contributed by atoms with Crippen LogP contribution in [-0.4, -0.2) is 41.8 Å². The molecule has 0 radical (unpaired) electrons. The molecule has 2 aliphatic heterocycles. The average molecular weight is 354 g/mol. The third-order valence-corrected chi connectivity index (χ3v) is 4.95. The predicted octanol–water partition coefficient (Wildman–Crippen LogP) is 1.31. The molecule has 3 rings (SSSR count). The molecule has 0 saturated carbocycles. The van der Waals surface area contributed by atoms with E-state index in [0.29, 0.717) is 25.9 Å². The molecule has 0 bridgehead atoms. The van der Waals surface area contributed by atoms with Crippen LogP contribution in [-0.2, 0) is 14.4 Å². The minimum absolute atomic E-state index is 0.0646. The molecule has 128 valence electrons. The summed E-state index contributed by atoms with van der Waals surface area (Å²) in [6, 6.07) is 3.20. The Labute approximate surface area is 143 Å². The summed E-state index contributed by atoms with van der Waals surface area (Å²) in [6.07, 6.45) is 1.22. The lowest BCUT2D eigenvalue weighted by Crippen LogP contribution is -2.47. The van der Waals surface area contributed by atoms with E-state index in [4.69, 9.17) is 17.3 Å². The fraction of sp³-hybridized carbons (Fsp3) is 0.438. The molecule has 2 N–H and O–H groups in total. The summed E-state index contributed by atoms with van der Waals surface area (Å²) in [5.74, 6) is -1.80. The van der Waals surface area contributed by atoms with Gasteiger partial charge in [-0.1, -0.05) is 11.6 Å². The van der Waals surface area contributed by atoms with E-state index in [2.05, 4.69) is 0 Å². The molecule has 0 spiro atoms. The number of benzene rings is 1. The van der Waals surface area contributed by atoms with Gasteiger partial charge in [0.1, 0.15) is 5.82 Å². The maximum Gasteiger partial charge on any atom is 0.251 e. The number of rotatable bonds is 3. The van der Waals surface area contributed by atoms with Crippen LogP contribution >= 0.6 is 11.6 Å². The summed E-state index contributed by atoms with van der Waals surface area (Å²) in [4.78, 5) is 39.1. The van der Waals surface area contributed by atoms with Crippen LogP contribution in [0.15, 0.2) is 18.2 Å². The number of nitrogens with two attached hydrogens (primary N) is 1. The lowest BCUT2D eigenvalue weighted by molar-refractivity contribution is -0.124. The summed E-state index contributed by atoms with van der Waals surface area (Å²) < 4.78 is 13.3. The highest BCUT2D eigenvalue weighted by atomic mass is 35.5. The van der Waals surface area contributed by atoms with Gasteiger partial charge in [-0.25, -0.2) is 9.29 Å². The Morgan fingerprint density at radius 1 is 1.25 bits per heavy atom. The number of imide groups is 1. The topological polar surface area (TPSA) is 83.7 Å². The lowest BCUT2D eigenvalue weighted by Gasteiger charge is -2.33. The zero-order valence-electron chi connectivity index (χ0n) is 12.9. The highest BCUT2D eigenvalue weighted by molar-refractivity contribution is 6.31. The van der Waals surface area contributed by atoms with E-state index in [1.54, 1.807) is 0 Å². The number of carbonyl (C=O) groups excluding carboxylic acids is 3. The van der Waals surface area contributed by atoms with Gasteiger partial charge in [0.15, 0.2) is 0 Å². The number of primary amides is 1. The van der Waals surface area contributed by atoms with E-state index < -0.39 is 11.9 Å². The number of hydrogen-bond donors (Lipinski definition) is 1. The van der Waals surface area contributed by atoms with Gasteiger partial charge in [-0.3, -0.25) is 19.3 Å². The molecule has 0 aromatic heterocycles.